The van der Waals surface area contributed by atoms with Gasteiger partial charge in [-0.25, -0.2) is 4.39 Å². The molecule has 1 heterocycles. The quantitative estimate of drug-likeness (QED) is 0.808. The molecule has 2 aromatic carbocycles. The summed E-state index contributed by atoms with van der Waals surface area (Å²) in [6.07, 6.45) is 0.285. The molecular weight excluding hydrogens is 293 g/mol. The molecule has 120 valence electrons. The van der Waals surface area contributed by atoms with E-state index >= 15 is 4.39 Å². The van der Waals surface area contributed by atoms with Crippen LogP contribution in [0.3, 0.4) is 0 Å². The maximum absolute atomic E-state index is 15.5. The van der Waals surface area contributed by atoms with Gasteiger partial charge in [-0.05, 0) is 11.1 Å². The molecule has 0 aromatic heterocycles. The third kappa shape index (κ3) is 2.99. The summed E-state index contributed by atoms with van der Waals surface area (Å²) in [7, 11) is 0. The van der Waals surface area contributed by atoms with Crippen LogP contribution < -0.4 is 0 Å². The van der Waals surface area contributed by atoms with Gasteiger partial charge in [0.15, 0.2) is 0 Å². The molecule has 1 atom stereocenters. The first-order valence-corrected chi connectivity index (χ1v) is 7.88. The molecule has 2 aromatic rings. The van der Waals surface area contributed by atoms with Crippen molar-refractivity contribution in [1.29, 1.82) is 0 Å². The molecule has 1 unspecified atom stereocenters. The molecule has 1 aliphatic rings. The summed E-state index contributed by atoms with van der Waals surface area (Å²) in [6.45, 7) is 2.28. The minimum Gasteiger partial charge on any atom is -0.374 e. The molecule has 1 saturated heterocycles. The number of carbonyl (C=O) groups excluding carboxylic acids is 1. The van der Waals surface area contributed by atoms with Crippen molar-refractivity contribution in [2.45, 2.75) is 19.1 Å². The minimum absolute atomic E-state index is 0.122. The Kier molecular flexibility index (Phi) is 4.44. The van der Waals surface area contributed by atoms with Gasteiger partial charge in [0.2, 0.25) is 11.7 Å². The molecule has 0 aliphatic carbocycles. The van der Waals surface area contributed by atoms with Crippen molar-refractivity contribution in [3.63, 3.8) is 0 Å². The van der Waals surface area contributed by atoms with Gasteiger partial charge < -0.3 is 9.64 Å². The molecule has 1 fully saturated rings. The van der Waals surface area contributed by atoms with Crippen LogP contribution in [-0.4, -0.2) is 30.6 Å². The van der Waals surface area contributed by atoms with Gasteiger partial charge >= 0.3 is 0 Å². The first-order valence-electron chi connectivity index (χ1n) is 7.88. The third-order valence-electron chi connectivity index (χ3n) is 4.22. The molecule has 23 heavy (non-hydrogen) atoms. The number of rotatable bonds is 3. The summed E-state index contributed by atoms with van der Waals surface area (Å²) in [4.78, 5) is 13.4. The summed E-state index contributed by atoms with van der Waals surface area (Å²) in [5.74, 6) is -2.08. The molecule has 0 spiro atoms. The van der Waals surface area contributed by atoms with E-state index in [1.54, 1.807) is 19.1 Å². The Bertz CT molecular complexity index is 672. The van der Waals surface area contributed by atoms with Crippen molar-refractivity contribution in [2.24, 2.45) is 0 Å². The number of benzene rings is 2. The van der Waals surface area contributed by atoms with Gasteiger partial charge in [0, 0.05) is 18.5 Å². The number of halogens is 1. The predicted octanol–water partition coefficient (Wildman–Crippen LogP) is 3.74. The van der Waals surface area contributed by atoms with E-state index in [1.165, 1.54) is 4.90 Å². The monoisotopic (exact) mass is 313 g/mol. The van der Waals surface area contributed by atoms with Crippen molar-refractivity contribution in [1.82, 2.24) is 4.90 Å². The largest absolute Gasteiger partial charge is 0.374 e. The average molecular weight is 313 g/mol. The molecule has 0 N–H and O–H groups in total. The van der Waals surface area contributed by atoms with Gasteiger partial charge in [0.05, 0.1) is 6.61 Å². The van der Waals surface area contributed by atoms with E-state index in [0.29, 0.717) is 12.2 Å². The fourth-order valence-electron chi connectivity index (χ4n) is 2.92. The summed E-state index contributed by atoms with van der Waals surface area (Å²) < 4.78 is 20.8. The van der Waals surface area contributed by atoms with E-state index in [-0.39, 0.29) is 25.5 Å². The molecule has 0 saturated carbocycles. The average Bonchev–Trinajstić information content (AvgIpc) is 2.62. The molecule has 0 radical (unpaired) electrons. The van der Waals surface area contributed by atoms with E-state index in [2.05, 4.69) is 0 Å². The van der Waals surface area contributed by atoms with Crippen molar-refractivity contribution in [3.8, 4) is 11.1 Å². The number of ether oxygens (including phenoxy) is 1. The lowest BCUT2D eigenvalue weighted by Gasteiger charge is -2.41. The highest BCUT2D eigenvalue weighted by Crippen LogP contribution is 2.35. The normalized spacial score (nSPS) is 21.2. The molecule has 3 rings (SSSR count). The first kappa shape index (κ1) is 15.7. The van der Waals surface area contributed by atoms with Crippen molar-refractivity contribution in [2.75, 3.05) is 19.8 Å². The van der Waals surface area contributed by atoms with E-state index < -0.39 is 5.79 Å². The highest BCUT2D eigenvalue weighted by atomic mass is 19.1. The van der Waals surface area contributed by atoms with Gasteiger partial charge in [-0.15, -0.1) is 0 Å². The summed E-state index contributed by atoms with van der Waals surface area (Å²) in [6, 6.07) is 17.2. The lowest BCUT2D eigenvalue weighted by molar-refractivity contribution is -0.174. The lowest BCUT2D eigenvalue weighted by atomic mass is 9.97. The van der Waals surface area contributed by atoms with Gasteiger partial charge in [-0.3, -0.25) is 4.79 Å². The molecule has 1 amide bonds. The van der Waals surface area contributed by atoms with E-state index in [1.807, 2.05) is 42.5 Å². The number of morpholine rings is 1. The Morgan fingerprint density at radius 2 is 1.78 bits per heavy atom. The Labute approximate surface area is 135 Å². The van der Waals surface area contributed by atoms with Crippen LogP contribution >= 0.6 is 0 Å². The second-order valence-corrected chi connectivity index (χ2v) is 5.65. The van der Waals surface area contributed by atoms with E-state index in [0.717, 1.165) is 11.1 Å². The zero-order valence-corrected chi connectivity index (χ0v) is 13.2. The number of carbonyl (C=O) groups is 1. The summed E-state index contributed by atoms with van der Waals surface area (Å²) >= 11 is 0. The minimum atomic E-state index is -1.89. The number of alkyl halides is 1. The van der Waals surface area contributed by atoms with Gasteiger partial charge in [-0.2, -0.15) is 0 Å². The van der Waals surface area contributed by atoms with Gasteiger partial charge in [0.25, 0.3) is 0 Å². The van der Waals surface area contributed by atoms with Crippen LogP contribution in [0.2, 0.25) is 0 Å². The van der Waals surface area contributed by atoms with Crippen LogP contribution in [-0.2, 0) is 15.3 Å². The van der Waals surface area contributed by atoms with Crippen molar-refractivity contribution >= 4 is 5.91 Å². The standard InChI is InChI=1S/C19H20FNO2/c1-2-18(22)21-12-13-23-14-19(21,20)17-10-8-16(9-11-17)15-6-4-3-5-7-15/h3-11H,2,12-14H2,1H3. The zero-order chi connectivity index (χ0) is 16.3. The SMILES string of the molecule is CCC(=O)N1CCOCC1(F)c1ccc(-c2ccccc2)cc1. The Morgan fingerprint density at radius 1 is 1.13 bits per heavy atom. The van der Waals surface area contributed by atoms with Gasteiger partial charge in [-0.1, -0.05) is 61.5 Å². The molecule has 3 nitrogen and oxygen atoms in total. The maximum Gasteiger partial charge on any atom is 0.234 e. The third-order valence-corrected chi connectivity index (χ3v) is 4.22. The smallest absolute Gasteiger partial charge is 0.234 e. The Balaban J connectivity index is 1.92. The van der Waals surface area contributed by atoms with Crippen LogP contribution in [0, 0.1) is 0 Å². The number of nitrogens with zero attached hydrogens (tertiary/aromatic N) is 1. The Morgan fingerprint density at radius 3 is 2.43 bits per heavy atom. The highest BCUT2D eigenvalue weighted by Gasteiger charge is 2.43. The van der Waals surface area contributed by atoms with Crippen molar-refractivity contribution in [3.05, 3.63) is 60.2 Å². The Hall–Kier alpha value is -2.20. The number of amides is 1. The van der Waals surface area contributed by atoms with Crippen LogP contribution in [0.4, 0.5) is 4.39 Å². The second kappa shape index (κ2) is 6.50. The first-order chi connectivity index (χ1) is 11.1. The fourth-order valence-corrected chi connectivity index (χ4v) is 2.92. The van der Waals surface area contributed by atoms with E-state index in [4.69, 9.17) is 4.74 Å². The van der Waals surface area contributed by atoms with Crippen LogP contribution in [0.25, 0.3) is 11.1 Å². The second-order valence-electron chi connectivity index (χ2n) is 5.65. The summed E-state index contributed by atoms with van der Waals surface area (Å²) in [5.41, 5.74) is 2.55. The summed E-state index contributed by atoms with van der Waals surface area (Å²) in [5, 5.41) is 0. The highest BCUT2D eigenvalue weighted by molar-refractivity contribution is 5.77. The van der Waals surface area contributed by atoms with Gasteiger partial charge in [0.1, 0.15) is 6.61 Å². The zero-order valence-electron chi connectivity index (χ0n) is 13.2. The lowest BCUT2D eigenvalue weighted by Crippen LogP contribution is -2.54. The van der Waals surface area contributed by atoms with E-state index in [9.17, 15) is 4.79 Å². The molecule has 1 aliphatic heterocycles. The number of hydrogen-bond donors (Lipinski definition) is 0. The topological polar surface area (TPSA) is 29.5 Å². The fraction of sp³-hybridized carbons (Fsp3) is 0.316. The van der Waals surface area contributed by atoms with Crippen molar-refractivity contribution < 1.29 is 13.9 Å². The number of hydrogen-bond acceptors (Lipinski definition) is 2. The molecule has 0 bridgehead atoms. The molecule has 4 heteroatoms. The molecular formula is C19H20FNO2. The maximum atomic E-state index is 15.5. The van der Waals surface area contributed by atoms with Crippen LogP contribution in [0.5, 0.6) is 0 Å². The predicted molar refractivity (Wildman–Crippen MR) is 87.5 cm³/mol. The van der Waals surface area contributed by atoms with Crippen LogP contribution in [0.1, 0.15) is 18.9 Å². The van der Waals surface area contributed by atoms with Crippen LogP contribution in [0.15, 0.2) is 54.6 Å².